The van der Waals surface area contributed by atoms with Crippen molar-refractivity contribution in [2.24, 2.45) is 0 Å². The van der Waals surface area contributed by atoms with Crippen LogP contribution >= 0.6 is 7.82 Å². The molecule has 0 aliphatic carbocycles. The number of allylic oxidation sites excluding steroid dienone is 8. The van der Waals surface area contributed by atoms with Crippen LogP contribution in [0.2, 0.25) is 0 Å². The largest absolute Gasteiger partial charge is 0.472 e. The normalized spacial score (nSPS) is 13.7. The standard InChI is InChI=1S/C58H105O11P/c1-4-7-10-13-16-19-22-24-26-27-29-31-34-37-40-43-46-49-58(62)69-55(51-65-56(60)47-44-41-38-35-32-21-18-15-12-9-6-3)53-67-70(63,64)66-52-54(50-59)68-57(61)48-45-42-39-36-33-30-28-25-23-20-17-14-11-8-5-2/h8,11,15,17-18,20,25,28,54-55,59H,4-7,9-10,12-14,16,19,21-24,26-27,29-53H2,1-3H3,(H,63,64)/b11-8-,18-15-,20-17-,28-25-. The van der Waals surface area contributed by atoms with Crippen LogP contribution in [0.4, 0.5) is 0 Å². The molecule has 11 nitrogen and oxygen atoms in total. The van der Waals surface area contributed by atoms with Gasteiger partial charge in [0.05, 0.1) is 19.8 Å². The van der Waals surface area contributed by atoms with E-state index in [0.29, 0.717) is 19.3 Å². The van der Waals surface area contributed by atoms with E-state index in [1.165, 1.54) is 96.3 Å². The first-order chi connectivity index (χ1) is 34.2. The summed E-state index contributed by atoms with van der Waals surface area (Å²) in [6.07, 6.45) is 55.0. The minimum atomic E-state index is -4.75. The van der Waals surface area contributed by atoms with Crippen LogP contribution < -0.4 is 0 Å². The van der Waals surface area contributed by atoms with Gasteiger partial charge in [-0.15, -0.1) is 0 Å². The predicted molar refractivity (Wildman–Crippen MR) is 289 cm³/mol. The van der Waals surface area contributed by atoms with Gasteiger partial charge >= 0.3 is 25.7 Å². The number of rotatable bonds is 53. The van der Waals surface area contributed by atoms with Crippen LogP contribution in [0.1, 0.15) is 265 Å². The quantitative estimate of drug-likeness (QED) is 0.0197. The number of hydrogen-bond acceptors (Lipinski definition) is 10. The van der Waals surface area contributed by atoms with Crippen molar-refractivity contribution in [1.29, 1.82) is 0 Å². The molecular formula is C58H105O11P. The minimum Gasteiger partial charge on any atom is -0.462 e. The number of esters is 3. The Labute approximate surface area is 428 Å². The molecule has 408 valence electrons. The Bertz CT molecular complexity index is 1360. The molecule has 0 saturated heterocycles. The van der Waals surface area contributed by atoms with E-state index >= 15 is 0 Å². The molecule has 0 aromatic carbocycles. The van der Waals surface area contributed by atoms with Crippen LogP contribution in [0.3, 0.4) is 0 Å². The van der Waals surface area contributed by atoms with E-state index in [9.17, 15) is 28.9 Å². The zero-order valence-electron chi connectivity index (χ0n) is 45.0. The van der Waals surface area contributed by atoms with Gasteiger partial charge in [0.25, 0.3) is 0 Å². The number of phosphoric ester groups is 1. The Hall–Kier alpha value is -2.56. The molecule has 0 amide bonds. The van der Waals surface area contributed by atoms with Crippen LogP contribution in [0.25, 0.3) is 0 Å². The van der Waals surface area contributed by atoms with Crippen LogP contribution in [0, 0.1) is 0 Å². The summed E-state index contributed by atoms with van der Waals surface area (Å²) in [6.45, 7) is 4.49. The van der Waals surface area contributed by atoms with Crippen LogP contribution in [-0.2, 0) is 42.2 Å². The highest BCUT2D eigenvalue weighted by atomic mass is 31.2. The Balaban J connectivity index is 4.68. The zero-order chi connectivity index (χ0) is 51.3. The molecule has 2 N–H and O–H groups in total. The van der Waals surface area contributed by atoms with Gasteiger partial charge in [-0.1, -0.05) is 223 Å². The lowest BCUT2D eigenvalue weighted by molar-refractivity contribution is -0.161. The van der Waals surface area contributed by atoms with Crippen molar-refractivity contribution < 1.29 is 52.2 Å². The highest BCUT2D eigenvalue weighted by molar-refractivity contribution is 7.47. The number of aliphatic hydroxyl groups excluding tert-OH is 1. The molecule has 0 aromatic heterocycles. The Kier molecular flexibility index (Phi) is 50.8. The van der Waals surface area contributed by atoms with Gasteiger partial charge in [-0.2, -0.15) is 0 Å². The molecular weight excluding hydrogens is 904 g/mol. The van der Waals surface area contributed by atoms with Gasteiger partial charge in [0.15, 0.2) is 6.10 Å². The predicted octanol–water partition coefficient (Wildman–Crippen LogP) is 16.6. The third-order valence-electron chi connectivity index (χ3n) is 12.2. The van der Waals surface area contributed by atoms with Gasteiger partial charge in [-0.25, -0.2) is 4.57 Å². The van der Waals surface area contributed by atoms with Crippen molar-refractivity contribution in [2.75, 3.05) is 26.4 Å². The van der Waals surface area contributed by atoms with Gasteiger partial charge in [0.2, 0.25) is 0 Å². The average molecular weight is 1010 g/mol. The fourth-order valence-corrected chi connectivity index (χ4v) is 8.67. The molecule has 0 spiro atoms. The smallest absolute Gasteiger partial charge is 0.462 e. The number of aliphatic hydroxyl groups is 1. The van der Waals surface area contributed by atoms with Gasteiger partial charge in [-0.3, -0.25) is 23.4 Å². The third-order valence-corrected chi connectivity index (χ3v) is 13.2. The van der Waals surface area contributed by atoms with E-state index in [0.717, 1.165) is 109 Å². The summed E-state index contributed by atoms with van der Waals surface area (Å²) in [4.78, 5) is 48.4. The maximum absolute atomic E-state index is 12.9. The van der Waals surface area contributed by atoms with E-state index in [-0.39, 0.29) is 25.9 Å². The van der Waals surface area contributed by atoms with Crippen molar-refractivity contribution in [3.05, 3.63) is 48.6 Å². The SMILES string of the molecule is CC/C=C\C/C=C\C/C=C\CCCCCCCC(=O)OC(CO)COP(=O)(O)OCC(COC(=O)CCCCCCC/C=C\CCCC)OC(=O)CCCCCCCCCCCCCCCCCCC. The van der Waals surface area contributed by atoms with Gasteiger partial charge in [0.1, 0.15) is 12.7 Å². The van der Waals surface area contributed by atoms with Crippen LogP contribution in [-0.4, -0.2) is 66.5 Å². The molecule has 0 aliphatic rings. The second kappa shape index (κ2) is 52.8. The number of carbonyl (C=O) groups excluding carboxylic acids is 3. The summed E-state index contributed by atoms with van der Waals surface area (Å²) in [5, 5.41) is 9.80. The summed E-state index contributed by atoms with van der Waals surface area (Å²) >= 11 is 0. The molecule has 0 bridgehead atoms. The fourth-order valence-electron chi connectivity index (χ4n) is 7.88. The van der Waals surface area contributed by atoms with Gasteiger partial charge in [-0.05, 0) is 70.6 Å². The lowest BCUT2D eigenvalue weighted by Crippen LogP contribution is -2.30. The van der Waals surface area contributed by atoms with Gasteiger partial charge in [0, 0.05) is 19.3 Å². The molecule has 0 saturated carbocycles. The number of ether oxygens (including phenoxy) is 3. The maximum Gasteiger partial charge on any atom is 0.472 e. The van der Waals surface area contributed by atoms with Crippen LogP contribution in [0.5, 0.6) is 0 Å². The molecule has 0 heterocycles. The van der Waals surface area contributed by atoms with Gasteiger partial charge < -0.3 is 24.2 Å². The number of carbonyl (C=O) groups is 3. The Morgan fingerprint density at radius 3 is 1.20 bits per heavy atom. The highest BCUT2D eigenvalue weighted by Crippen LogP contribution is 2.43. The van der Waals surface area contributed by atoms with E-state index in [2.05, 4.69) is 69.4 Å². The summed E-state index contributed by atoms with van der Waals surface area (Å²) in [5.41, 5.74) is 0. The minimum absolute atomic E-state index is 0.159. The van der Waals surface area contributed by atoms with Crippen molar-refractivity contribution >= 4 is 25.7 Å². The number of hydrogen-bond donors (Lipinski definition) is 2. The fraction of sp³-hybridized carbons (Fsp3) is 0.810. The highest BCUT2D eigenvalue weighted by Gasteiger charge is 2.28. The molecule has 3 unspecified atom stereocenters. The summed E-state index contributed by atoms with van der Waals surface area (Å²) in [5.74, 6) is -1.48. The van der Waals surface area contributed by atoms with Crippen molar-refractivity contribution in [1.82, 2.24) is 0 Å². The van der Waals surface area contributed by atoms with E-state index < -0.39 is 57.8 Å². The Morgan fingerprint density at radius 2 is 0.757 bits per heavy atom. The maximum atomic E-state index is 12.9. The summed E-state index contributed by atoms with van der Waals surface area (Å²) in [6, 6.07) is 0. The molecule has 0 aromatic rings. The first-order valence-electron chi connectivity index (χ1n) is 28.5. The number of unbranched alkanes of at least 4 members (excludes halogenated alkanes) is 28. The first kappa shape index (κ1) is 67.4. The number of phosphoric acid groups is 1. The second-order valence-corrected chi connectivity index (χ2v) is 20.5. The van der Waals surface area contributed by atoms with E-state index in [4.69, 9.17) is 23.3 Å². The average Bonchev–Trinajstić information content (AvgIpc) is 3.35. The van der Waals surface area contributed by atoms with Crippen molar-refractivity contribution in [3.8, 4) is 0 Å². The van der Waals surface area contributed by atoms with Crippen molar-refractivity contribution in [2.45, 2.75) is 277 Å². The molecule has 12 heteroatoms. The van der Waals surface area contributed by atoms with E-state index in [1.54, 1.807) is 0 Å². The summed E-state index contributed by atoms with van der Waals surface area (Å²) in [7, 11) is -4.75. The molecule has 0 radical (unpaired) electrons. The molecule has 3 atom stereocenters. The Morgan fingerprint density at radius 1 is 0.414 bits per heavy atom. The monoisotopic (exact) mass is 1010 g/mol. The van der Waals surface area contributed by atoms with E-state index in [1.807, 2.05) is 0 Å². The van der Waals surface area contributed by atoms with Crippen LogP contribution in [0.15, 0.2) is 48.6 Å². The lowest BCUT2D eigenvalue weighted by Gasteiger charge is -2.21. The first-order valence-corrected chi connectivity index (χ1v) is 30.0. The molecule has 70 heavy (non-hydrogen) atoms. The topological polar surface area (TPSA) is 155 Å². The third kappa shape index (κ3) is 50.4. The summed E-state index contributed by atoms with van der Waals surface area (Å²) < 4.78 is 39.5. The zero-order valence-corrected chi connectivity index (χ0v) is 45.9. The second-order valence-electron chi connectivity index (χ2n) is 19.1. The molecule has 0 rings (SSSR count). The van der Waals surface area contributed by atoms with Crippen molar-refractivity contribution in [3.63, 3.8) is 0 Å². The lowest BCUT2D eigenvalue weighted by atomic mass is 10.0. The molecule has 0 aliphatic heterocycles. The molecule has 0 fully saturated rings.